The zero-order valence-corrected chi connectivity index (χ0v) is 15.4. The summed E-state index contributed by atoms with van der Waals surface area (Å²) >= 11 is 0. The topological polar surface area (TPSA) is 135 Å². The maximum absolute atomic E-state index is 12.1. The molecule has 2 atom stereocenters. The average Bonchev–Trinajstić information content (AvgIpc) is 3.01. The lowest BCUT2D eigenvalue weighted by molar-refractivity contribution is -0.149. The van der Waals surface area contributed by atoms with E-state index < -0.39 is 29.9 Å². The van der Waals surface area contributed by atoms with Gasteiger partial charge < -0.3 is 25.9 Å². The van der Waals surface area contributed by atoms with Gasteiger partial charge in [-0.05, 0) is 31.9 Å². The molecule has 27 heavy (non-hydrogen) atoms. The maximum atomic E-state index is 12.1. The van der Waals surface area contributed by atoms with Gasteiger partial charge in [-0.3, -0.25) is 9.59 Å². The predicted molar refractivity (Wildman–Crippen MR) is 100 cm³/mol. The van der Waals surface area contributed by atoms with Crippen LogP contribution in [0.4, 0.5) is 0 Å². The number of H-pyrrole nitrogens is 1. The number of aliphatic carboxylic acids is 1. The van der Waals surface area contributed by atoms with Crippen LogP contribution in [0.3, 0.4) is 0 Å². The van der Waals surface area contributed by atoms with Gasteiger partial charge in [0.2, 0.25) is 5.91 Å². The summed E-state index contributed by atoms with van der Waals surface area (Å²) in [5, 5.41) is 12.8. The Hall–Kier alpha value is -2.87. The standard InChI is InChI=1S/C19H25N3O5/c1-11(2)27-19(26)14(20)7-8-17(23)22-16(18(24)25)9-12-10-21-15-6-4-3-5-13(12)15/h3-6,10-11,14,16,21H,7-9,20H2,1-2H3,(H,22,23)(H,24,25)/t14-,16?/m1/s1. The third kappa shape index (κ3) is 5.82. The van der Waals surface area contributed by atoms with E-state index in [1.807, 2.05) is 24.3 Å². The first-order chi connectivity index (χ1) is 12.8. The number of nitrogens with one attached hydrogen (secondary N) is 2. The molecule has 0 fully saturated rings. The Morgan fingerprint density at radius 3 is 2.63 bits per heavy atom. The number of hydrogen-bond donors (Lipinski definition) is 4. The van der Waals surface area contributed by atoms with E-state index in [2.05, 4.69) is 10.3 Å². The van der Waals surface area contributed by atoms with E-state index in [9.17, 15) is 19.5 Å². The smallest absolute Gasteiger partial charge is 0.326 e. The normalized spacial score (nSPS) is 13.3. The fourth-order valence-electron chi connectivity index (χ4n) is 2.71. The second-order valence-electron chi connectivity index (χ2n) is 6.65. The van der Waals surface area contributed by atoms with Gasteiger partial charge in [0, 0.05) is 29.9 Å². The number of carboxylic acid groups (broad SMARTS) is 1. The van der Waals surface area contributed by atoms with Crippen LogP contribution in [0, 0.1) is 0 Å². The number of carbonyl (C=O) groups excluding carboxylic acids is 2. The molecule has 8 nitrogen and oxygen atoms in total. The molecule has 1 heterocycles. The first-order valence-electron chi connectivity index (χ1n) is 8.81. The number of para-hydroxylation sites is 1. The Balaban J connectivity index is 1.93. The summed E-state index contributed by atoms with van der Waals surface area (Å²) in [4.78, 5) is 38.4. The molecule has 0 bridgehead atoms. The number of nitrogens with two attached hydrogens (primary N) is 1. The van der Waals surface area contributed by atoms with E-state index in [1.165, 1.54) is 0 Å². The number of fused-ring (bicyclic) bond motifs is 1. The van der Waals surface area contributed by atoms with Crippen molar-refractivity contribution in [1.82, 2.24) is 10.3 Å². The predicted octanol–water partition coefficient (Wildman–Crippen LogP) is 1.34. The minimum Gasteiger partial charge on any atom is -0.480 e. The van der Waals surface area contributed by atoms with Crippen molar-refractivity contribution in [1.29, 1.82) is 0 Å². The van der Waals surface area contributed by atoms with Crippen LogP contribution in [0.25, 0.3) is 10.9 Å². The van der Waals surface area contributed by atoms with Gasteiger partial charge in [0.05, 0.1) is 6.10 Å². The first-order valence-corrected chi connectivity index (χ1v) is 8.81. The van der Waals surface area contributed by atoms with E-state index >= 15 is 0 Å². The molecule has 5 N–H and O–H groups in total. The van der Waals surface area contributed by atoms with Crippen LogP contribution in [0.1, 0.15) is 32.3 Å². The van der Waals surface area contributed by atoms with Crippen LogP contribution >= 0.6 is 0 Å². The molecular weight excluding hydrogens is 350 g/mol. The van der Waals surface area contributed by atoms with Gasteiger partial charge in [0.25, 0.3) is 0 Å². The molecule has 1 aromatic carbocycles. The van der Waals surface area contributed by atoms with E-state index in [0.717, 1.165) is 16.5 Å². The van der Waals surface area contributed by atoms with Crippen molar-refractivity contribution in [2.75, 3.05) is 0 Å². The third-order valence-corrected chi connectivity index (χ3v) is 4.07. The molecule has 2 aromatic rings. The number of amides is 1. The highest BCUT2D eigenvalue weighted by molar-refractivity contribution is 5.87. The lowest BCUT2D eigenvalue weighted by atomic mass is 10.0. The Morgan fingerprint density at radius 2 is 1.96 bits per heavy atom. The zero-order chi connectivity index (χ0) is 20.0. The number of carbonyl (C=O) groups is 3. The van der Waals surface area contributed by atoms with Gasteiger partial charge in [0.1, 0.15) is 12.1 Å². The molecule has 0 aliphatic rings. The molecule has 1 amide bonds. The number of aromatic nitrogens is 1. The molecule has 0 radical (unpaired) electrons. The summed E-state index contributed by atoms with van der Waals surface area (Å²) in [6, 6.07) is 5.54. The number of rotatable bonds is 9. The summed E-state index contributed by atoms with van der Waals surface area (Å²) in [7, 11) is 0. The van der Waals surface area contributed by atoms with Crippen LogP contribution < -0.4 is 11.1 Å². The highest BCUT2D eigenvalue weighted by Gasteiger charge is 2.23. The highest BCUT2D eigenvalue weighted by Crippen LogP contribution is 2.19. The molecular formula is C19H25N3O5. The summed E-state index contributed by atoms with van der Waals surface area (Å²) in [5.41, 5.74) is 7.40. The lowest BCUT2D eigenvalue weighted by Crippen LogP contribution is -2.43. The van der Waals surface area contributed by atoms with Crippen LogP contribution in [-0.4, -0.2) is 46.1 Å². The Kier molecular flexibility index (Phi) is 6.95. The molecule has 0 aliphatic carbocycles. The number of aromatic amines is 1. The van der Waals surface area contributed by atoms with E-state index in [4.69, 9.17) is 10.5 Å². The number of hydrogen-bond acceptors (Lipinski definition) is 5. The second kappa shape index (κ2) is 9.18. The van der Waals surface area contributed by atoms with Crippen LogP contribution in [0.15, 0.2) is 30.5 Å². The SMILES string of the molecule is CC(C)OC(=O)[C@H](N)CCC(=O)NC(Cc1c[nH]c2ccccc12)C(=O)O. The van der Waals surface area contributed by atoms with Crippen LogP contribution in [0.2, 0.25) is 0 Å². The van der Waals surface area contributed by atoms with Crippen molar-refractivity contribution >= 4 is 28.7 Å². The van der Waals surface area contributed by atoms with Gasteiger partial charge in [-0.1, -0.05) is 18.2 Å². The Bertz CT molecular complexity index is 815. The van der Waals surface area contributed by atoms with Crippen molar-refractivity contribution in [2.45, 2.75) is 51.3 Å². The van der Waals surface area contributed by atoms with Gasteiger partial charge in [-0.2, -0.15) is 0 Å². The second-order valence-corrected chi connectivity index (χ2v) is 6.65. The molecule has 8 heteroatoms. The summed E-state index contributed by atoms with van der Waals surface area (Å²) in [6.45, 7) is 3.42. The molecule has 0 spiro atoms. The maximum Gasteiger partial charge on any atom is 0.326 e. The molecule has 0 saturated carbocycles. The van der Waals surface area contributed by atoms with E-state index in [1.54, 1.807) is 20.0 Å². The molecule has 1 unspecified atom stereocenters. The fraction of sp³-hybridized carbons (Fsp3) is 0.421. The van der Waals surface area contributed by atoms with Crippen molar-refractivity contribution in [3.8, 4) is 0 Å². The number of carboxylic acids is 1. The zero-order valence-electron chi connectivity index (χ0n) is 15.4. The Morgan fingerprint density at radius 1 is 1.26 bits per heavy atom. The van der Waals surface area contributed by atoms with Gasteiger partial charge in [0.15, 0.2) is 0 Å². The summed E-state index contributed by atoms with van der Waals surface area (Å²) in [5.74, 6) is -2.18. The van der Waals surface area contributed by atoms with Crippen molar-refractivity contribution < 1.29 is 24.2 Å². The van der Waals surface area contributed by atoms with Crippen LogP contribution in [-0.2, 0) is 25.5 Å². The number of esters is 1. The van der Waals surface area contributed by atoms with Crippen molar-refractivity contribution in [3.63, 3.8) is 0 Å². The molecule has 0 saturated heterocycles. The number of ether oxygens (including phenoxy) is 1. The molecule has 0 aliphatic heterocycles. The van der Waals surface area contributed by atoms with E-state index in [0.29, 0.717) is 0 Å². The highest BCUT2D eigenvalue weighted by atomic mass is 16.5. The van der Waals surface area contributed by atoms with Crippen molar-refractivity contribution in [2.24, 2.45) is 5.73 Å². The largest absolute Gasteiger partial charge is 0.480 e. The van der Waals surface area contributed by atoms with Crippen molar-refractivity contribution in [3.05, 3.63) is 36.0 Å². The Labute approximate surface area is 157 Å². The van der Waals surface area contributed by atoms with Gasteiger partial charge in [-0.25, -0.2) is 4.79 Å². The quantitative estimate of drug-likeness (QED) is 0.489. The average molecular weight is 375 g/mol. The van der Waals surface area contributed by atoms with E-state index in [-0.39, 0.29) is 25.4 Å². The minimum atomic E-state index is -1.13. The minimum absolute atomic E-state index is 0.0635. The van der Waals surface area contributed by atoms with Gasteiger partial charge >= 0.3 is 11.9 Å². The first kappa shape index (κ1) is 20.4. The molecule has 1 aromatic heterocycles. The number of benzene rings is 1. The fourth-order valence-corrected chi connectivity index (χ4v) is 2.71. The lowest BCUT2D eigenvalue weighted by Gasteiger charge is -2.16. The molecule has 2 rings (SSSR count). The van der Waals surface area contributed by atoms with Gasteiger partial charge in [-0.15, -0.1) is 0 Å². The third-order valence-electron chi connectivity index (χ3n) is 4.07. The molecule has 146 valence electrons. The summed E-state index contributed by atoms with van der Waals surface area (Å²) < 4.78 is 4.98. The van der Waals surface area contributed by atoms with Crippen LogP contribution in [0.5, 0.6) is 0 Å². The summed E-state index contributed by atoms with van der Waals surface area (Å²) in [6.07, 6.45) is 1.62. The monoisotopic (exact) mass is 375 g/mol.